The van der Waals surface area contributed by atoms with Gasteiger partial charge in [0.2, 0.25) is 0 Å². The van der Waals surface area contributed by atoms with Gasteiger partial charge >= 0.3 is 0 Å². The maximum atomic E-state index is 11.6. The predicted octanol–water partition coefficient (Wildman–Crippen LogP) is 4.08. The van der Waals surface area contributed by atoms with E-state index in [9.17, 15) is 4.79 Å². The van der Waals surface area contributed by atoms with Crippen LogP contribution < -0.4 is 0 Å². The third-order valence-electron chi connectivity index (χ3n) is 2.54. The van der Waals surface area contributed by atoms with Gasteiger partial charge in [0, 0.05) is 11.8 Å². The molecule has 0 amide bonds. The molecule has 2 heteroatoms. The van der Waals surface area contributed by atoms with Crippen molar-refractivity contribution >= 4 is 17.1 Å². The van der Waals surface area contributed by atoms with E-state index in [0.717, 1.165) is 25.7 Å². The average Bonchev–Trinajstić information content (AvgIpc) is 2.63. The zero-order valence-corrected chi connectivity index (χ0v) is 10.7. The molecule has 0 aliphatic carbocycles. The molecule has 0 aromatic carbocycles. The van der Waals surface area contributed by atoms with Crippen molar-refractivity contribution in [3.8, 4) is 0 Å². The van der Waals surface area contributed by atoms with E-state index in [1.165, 1.54) is 5.56 Å². The van der Waals surface area contributed by atoms with Gasteiger partial charge in [-0.15, -0.1) is 0 Å². The standard InChI is InChI=1S/C13H20OS/c1-13(2,3)12(14)7-5-4-6-11-8-9-15-10-11/h8-10H,4-7H2,1-3H3. The first kappa shape index (κ1) is 12.4. The summed E-state index contributed by atoms with van der Waals surface area (Å²) in [5.74, 6) is 0.382. The first-order valence-electron chi connectivity index (χ1n) is 5.54. The number of thiophene rings is 1. The van der Waals surface area contributed by atoms with Gasteiger partial charge in [0.1, 0.15) is 5.78 Å². The van der Waals surface area contributed by atoms with Crippen molar-refractivity contribution in [3.05, 3.63) is 22.4 Å². The highest BCUT2D eigenvalue weighted by Gasteiger charge is 2.19. The van der Waals surface area contributed by atoms with E-state index >= 15 is 0 Å². The summed E-state index contributed by atoms with van der Waals surface area (Å²) in [5, 5.41) is 4.29. The molecular weight excluding hydrogens is 204 g/mol. The Hall–Kier alpha value is -0.630. The molecule has 0 saturated carbocycles. The molecule has 0 unspecified atom stereocenters. The predicted molar refractivity (Wildman–Crippen MR) is 66.3 cm³/mol. The average molecular weight is 224 g/mol. The van der Waals surface area contributed by atoms with Gasteiger partial charge < -0.3 is 0 Å². The Morgan fingerprint density at radius 3 is 2.60 bits per heavy atom. The van der Waals surface area contributed by atoms with Gasteiger partial charge in [0.25, 0.3) is 0 Å². The minimum atomic E-state index is -0.164. The highest BCUT2D eigenvalue weighted by molar-refractivity contribution is 7.07. The van der Waals surface area contributed by atoms with Crippen LogP contribution in [-0.4, -0.2) is 5.78 Å². The molecule has 0 atom stereocenters. The van der Waals surface area contributed by atoms with E-state index in [0.29, 0.717) is 5.78 Å². The first-order valence-corrected chi connectivity index (χ1v) is 6.49. The molecule has 0 N–H and O–H groups in total. The number of carbonyl (C=O) groups is 1. The van der Waals surface area contributed by atoms with Gasteiger partial charge in [-0.3, -0.25) is 4.79 Å². The topological polar surface area (TPSA) is 17.1 Å². The number of hydrogen-bond acceptors (Lipinski definition) is 2. The van der Waals surface area contributed by atoms with Crippen LogP contribution in [0.2, 0.25) is 0 Å². The normalized spacial score (nSPS) is 11.7. The third-order valence-corrected chi connectivity index (χ3v) is 3.27. The quantitative estimate of drug-likeness (QED) is 0.689. The van der Waals surface area contributed by atoms with E-state index in [1.807, 2.05) is 20.8 Å². The zero-order valence-electron chi connectivity index (χ0n) is 9.88. The Labute approximate surface area is 96.5 Å². The van der Waals surface area contributed by atoms with Gasteiger partial charge in [-0.2, -0.15) is 11.3 Å². The second kappa shape index (κ2) is 5.45. The summed E-state index contributed by atoms with van der Waals surface area (Å²) in [7, 11) is 0. The van der Waals surface area contributed by atoms with Crippen LogP contribution in [0.5, 0.6) is 0 Å². The lowest BCUT2D eigenvalue weighted by Gasteiger charge is -2.15. The Kier molecular flexibility index (Phi) is 4.52. The molecule has 0 spiro atoms. The summed E-state index contributed by atoms with van der Waals surface area (Å²) in [6.07, 6.45) is 3.99. The lowest BCUT2D eigenvalue weighted by molar-refractivity contribution is -0.126. The van der Waals surface area contributed by atoms with Crippen LogP contribution in [0.3, 0.4) is 0 Å². The molecule has 1 rings (SSSR count). The van der Waals surface area contributed by atoms with E-state index < -0.39 is 0 Å². The molecule has 0 aliphatic rings. The first-order chi connectivity index (χ1) is 7.00. The van der Waals surface area contributed by atoms with Crippen LogP contribution in [0.25, 0.3) is 0 Å². The molecule has 1 aromatic heterocycles. The monoisotopic (exact) mass is 224 g/mol. The van der Waals surface area contributed by atoms with Crippen LogP contribution in [0, 0.1) is 5.41 Å². The Balaban J connectivity index is 2.15. The Morgan fingerprint density at radius 2 is 2.07 bits per heavy atom. The molecule has 0 bridgehead atoms. The number of rotatable bonds is 5. The molecular formula is C13H20OS. The molecule has 0 radical (unpaired) electrons. The van der Waals surface area contributed by atoms with E-state index in [-0.39, 0.29) is 5.41 Å². The summed E-state index contributed by atoms with van der Waals surface area (Å²) in [4.78, 5) is 11.6. The Morgan fingerprint density at radius 1 is 1.33 bits per heavy atom. The van der Waals surface area contributed by atoms with Crippen molar-refractivity contribution in [2.24, 2.45) is 5.41 Å². The van der Waals surface area contributed by atoms with Crippen molar-refractivity contribution in [2.45, 2.75) is 46.5 Å². The second-order valence-electron chi connectivity index (χ2n) is 5.01. The molecule has 1 heterocycles. The fourth-order valence-corrected chi connectivity index (χ4v) is 2.13. The van der Waals surface area contributed by atoms with Crippen molar-refractivity contribution in [1.29, 1.82) is 0 Å². The van der Waals surface area contributed by atoms with Crippen molar-refractivity contribution in [2.75, 3.05) is 0 Å². The SMILES string of the molecule is CC(C)(C)C(=O)CCCCc1ccsc1. The van der Waals surface area contributed by atoms with Gasteiger partial charge in [0.15, 0.2) is 0 Å². The molecule has 0 fully saturated rings. The van der Waals surface area contributed by atoms with Crippen LogP contribution >= 0.6 is 11.3 Å². The van der Waals surface area contributed by atoms with Gasteiger partial charge in [-0.05, 0) is 41.7 Å². The summed E-state index contributed by atoms with van der Waals surface area (Å²) in [5.41, 5.74) is 1.24. The second-order valence-corrected chi connectivity index (χ2v) is 5.79. The lowest BCUT2D eigenvalue weighted by atomic mass is 9.88. The number of carbonyl (C=O) groups excluding carboxylic acids is 1. The van der Waals surface area contributed by atoms with Crippen LogP contribution in [0.15, 0.2) is 16.8 Å². The molecule has 0 saturated heterocycles. The lowest BCUT2D eigenvalue weighted by Crippen LogP contribution is -2.19. The summed E-state index contributed by atoms with van der Waals surface area (Å²) in [6, 6.07) is 2.16. The minimum Gasteiger partial charge on any atom is -0.299 e. The van der Waals surface area contributed by atoms with Crippen molar-refractivity contribution < 1.29 is 4.79 Å². The Bertz CT molecular complexity index is 293. The smallest absolute Gasteiger partial charge is 0.138 e. The fourth-order valence-electron chi connectivity index (χ4n) is 1.42. The summed E-state index contributed by atoms with van der Waals surface area (Å²) >= 11 is 1.74. The van der Waals surface area contributed by atoms with Crippen LogP contribution in [0.4, 0.5) is 0 Å². The molecule has 15 heavy (non-hydrogen) atoms. The van der Waals surface area contributed by atoms with Gasteiger partial charge in [-0.1, -0.05) is 20.8 Å². The zero-order chi connectivity index (χ0) is 11.3. The van der Waals surface area contributed by atoms with Crippen LogP contribution in [-0.2, 0) is 11.2 Å². The highest BCUT2D eigenvalue weighted by Crippen LogP contribution is 2.19. The molecule has 1 aromatic rings. The van der Waals surface area contributed by atoms with Crippen molar-refractivity contribution in [3.63, 3.8) is 0 Å². The maximum Gasteiger partial charge on any atom is 0.138 e. The van der Waals surface area contributed by atoms with Gasteiger partial charge in [-0.25, -0.2) is 0 Å². The van der Waals surface area contributed by atoms with Gasteiger partial charge in [0.05, 0.1) is 0 Å². The molecule has 0 aliphatic heterocycles. The summed E-state index contributed by atoms with van der Waals surface area (Å²) < 4.78 is 0. The third kappa shape index (κ3) is 4.61. The number of aryl methyl sites for hydroxylation is 1. The van der Waals surface area contributed by atoms with E-state index in [2.05, 4.69) is 16.8 Å². The number of unbranched alkanes of at least 4 members (excludes halogenated alkanes) is 1. The van der Waals surface area contributed by atoms with E-state index in [1.54, 1.807) is 11.3 Å². The number of ketones is 1. The number of hydrogen-bond donors (Lipinski definition) is 0. The van der Waals surface area contributed by atoms with E-state index in [4.69, 9.17) is 0 Å². The molecule has 1 nitrogen and oxygen atoms in total. The number of Topliss-reactive ketones (excluding diaryl/α,β-unsaturated/α-hetero) is 1. The fraction of sp³-hybridized carbons (Fsp3) is 0.615. The highest BCUT2D eigenvalue weighted by atomic mass is 32.1. The molecule has 84 valence electrons. The van der Waals surface area contributed by atoms with Crippen molar-refractivity contribution in [1.82, 2.24) is 0 Å². The van der Waals surface area contributed by atoms with Crippen LogP contribution in [0.1, 0.15) is 45.6 Å². The maximum absolute atomic E-state index is 11.6. The minimum absolute atomic E-state index is 0.164. The largest absolute Gasteiger partial charge is 0.299 e. The summed E-state index contributed by atoms with van der Waals surface area (Å²) in [6.45, 7) is 5.98.